The summed E-state index contributed by atoms with van der Waals surface area (Å²) >= 11 is 0. The lowest BCUT2D eigenvalue weighted by Crippen LogP contribution is -2.47. The van der Waals surface area contributed by atoms with Crippen molar-refractivity contribution in [1.29, 1.82) is 0 Å². The van der Waals surface area contributed by atoms with Crippen LogP contribution in [0.4, 0.5) is 0 Å². The molecule has 0 saturated heterocycles. The van der Waals surface area contributed by atoms with Crippen LogP contribution in [0.2, 0.25) is 0 Å². The van der Waals surface area contributed by atoms with Crippen molar-refractivity contribution in [3.8, 4) is 0 Å². The fraction of sp³-hybridized carbons (Fsp3) is 0. The molecule has 80 valence electrons. The van der Waals surface area contributed by atoms with Crippen LogP contribution in [0.25, 0.3) is 10.8 Å². The summed E-state index contributed by atoms with van der Waals surface area (Å²) < 4.78 is 0. The molecular formula is C10H4N2O4-2. The first-order valence-electron chi connectivity index (χ1n) is 4.30. The molecule has 0 atom stereocenters. The first-order valence-corrected chi connectivity index (χ1v) is 4.30. The molecule has 2 rings (SSSR count). The van der Waals surface area contributed by atoms with Crippen LogP contribution >= 0.6 is 0 Å². The van der Waals surface area contributed by atoms with Gasteiger partial charge in [0.15, 0.2) is 5.36 Å². The summed E-state index contributed by atoms with van der Waals surface area (Å²) in [7, 11) is 0. The predicted octanol–water partition coefficient (Wildman–Crippen LogP) is -0.767. The third-order valence-electron chi connectivity index (χ3n) is 2.25. The van der Waals surface area contributed by atoms with Gasteiger partial charge in [-0.1, -0.05) is 24.3 Å². The monoisotopic (exact) mass is 216 g/mol. The van der Waals surface area contributed by atoms with E-state index in [1.165, 1.54) is 12.1 Å². The molecule has 0 aliphatic rings. The Morgan fingerprint density at radius 2 is 1.38 bits per heavy atom. The third kappa shape index (κ3) is 1.20. The largest absolute Gasteiger partial charge is 0.791 e. The highest BCUT2D eigenvalue weighted by molar-refractivity contribution is 5.81. The molecule has 0 bridgehead atoms. The van der Waals surface area contributed by atoms with E-state index in [0.29, 0.717) is 0 Å². The van der Waals surface area contributed by atoms with Crippen molar-refractivity contribution >= 4 is 10.8 Å². The Bertz CT molecular complexity index is 770. The molecule has 0 fully saturated rings. The molecule has 2 aromatic rings. The highest BCUT2D eigenvalue weighted by Crippen LogP contribution is 2.00. The number of fused-ring (bicyclic) bond motifs is 1. The molecule has 0 N–H and O–H groups in total. The van der Waals surface area contributed by atoms with Crippen molar-refractivity contribution in [1.82, 2.24) is 0 Å². The van der Waals surface area contributed by atoms with Crippen molar-refractivity contribution in [3.63, 3.8) is 0 Å². The Morgan fingerprint density at radius 3 is 1.94 bits per heavy atom. The summed E-state index contributed by atoms with van der Waals surface area (Å²) in [5.74, 6) is 0. The molecule has 6 nitrogen and oxygen atoms in total. The molecule has 0 unspecified atom stereocenters. The predicted molar refractivity (Wildman–Crippen MR) is 56.7 cm³/mol. The molecule has 0 aliphatic carbocycles. The molecular weight excluding hydrogens is 212 g/mol. The van der Waals surface area contributed by atoms with Gasteiger partial charge in [0.2, 0.25) is 10.9 Å². The van der Waals surface area contributed by atoms with Gasteiger partial charge in [0.05, 0.1) is 0 Å². The minimum Gasteiger partial charge on any atom is -0.791 e. The average Bonchev–Trinajstić information content (AvgIpc) is 2.30. The van der Waals surface area contributed by atoms with Crippen LogP contribution in [0.15, 0.2) is 44.2 Å². The maximum absolute atomic E-state index is 11.6. The van der Waals surface area contributed by atoms with Gasteiger partial charge in [0, 0.05) is 10.8 Å². The number of rotatable bonds is 0. The number of hydrogen-bond acceptors (Lipinski definition) is 6. The Balaban J connectivity index is 3.36. The van der Waals surface area contributed by atoms with Gasteiger partial charge in [-0.15, -0.1) is 0 Å². The number of benzene rings is 2. The zero-order valence-corrected chi connectivity index (χ0v) is 7.84. The van der Waals surface area contributed by atoms with E-state index < -0.39 is 21.6 Å². The van der Waals surface area contributed by atoms with Crippen molar-refractivity contribution in [3.05, 3.63) is 65.8 Å². The van der Waals surface area contributed by atoms with Crippen molar-refractivity contribution in [2.75, 3.05) is 0 Å². The van der Waals surface area contributed by atoms with Gasteiger partial charge in [-0.25, -0.2) is 0 Å². The Hall–Kier alpha value is -2.50. The molecule has 6 heteroatoms. The lowest BCUT2D eigenvalue weighted by molar-refractivity contribution is 1.22. The van der Waals surface area contributed by atoms with Gasteiger partial charge >= 0.3 is 0 Å². The standard InChI is InChI=1S/C10H6N2O4/c13-9-6-4-2-1-3-5(6)7(11-15)10(14)8(9)12-16/h1-4,15-16H/p-2/b11-7-,12-8+. The van der Waals surface area contributed by atoms with Gasteiger partial charge in [-0.3, -0.25) is 9.59 Å². The van der Waals surface area contributed by atoms with Crippen LogP contribution in [-0.4, -0.2) is 0 Å². The Morgan fingerprint density at radius 1 is 0.812 bits per heavy atom. The van der Waals surface area contributed by atoms with E-state index in [1.807, 2.05) is 0 Å². The second kappa shape index (κ2) is 3.58. The van der Waals surface area contributed by atoms with E-state index in [2.05, 4.69) is 10.3 Å². The summed E-state index contributed by atoms with van der Waals surface area (Å²) in [6, 6.07) is 5.94. The summed E-state index contributed by atoms with van der Waals surface area (Å²) in [6.45, 7) is 0. The molecule has 0 aromatic heterocycles. The molecule has 0 heterocycles. The fourth-order valence-corrected chi connectivity index (χ4v) is 1.53. The Kier molecular flexibility index (Phi) is 2.24. The highest BCUT2D eigenvalue weighted by atomic mass is 16.4. The third-order valence-corrected chi connectivity index (χ3v) is 2.25. The smallest absolute Gasteiger partial charge is 0.232 e. The molecule has 0 spiro atoms. The summed E-state index contributed by atoms with van der Waals surface area (Å²) in [5, 5.41) is 24.8. The van der Waals surface area contributed by atoms with Crippen LogP contribution in [0, 0.1) is 10.4 Å². The number of nitrogens with zero attached hydrogens (tertiary/aromatic N) is 2. The normalized spacial score (nSPS) is 13.5. The summed E-state index contributed by atoms with van der Waals surface area (Å²) in [6.07, 6.45) is 0. The minimum atomic E-state index is -1.02. The van der Waals surface area contributed by atoms with Crippen LogP contribution in [-0.2, 0) is 0 Å². The maximum Gasteiger partial charge on any atom is 0.232 e. The second-order valence-electron chi connectivity index (χ2n) is 3.08. The first-order chi connectivity index (χ1) is 7.70. The second-order valence-corrected chi connectivity index (χ2v) is 3.08. The molecule has 0 saturated carbocycles. The SMILES string of the molecule is O=c1/c(=N\[O-])c2ccccc2c(=O)/c1=N\[O-]. The molecule has 0 radical (unpaired) electrons. The van der Waals surface area contributed by atoms with Crippen LogP contribution in [0.3, 0.4) is 0 Å². The van der Waals surface area contributed by atoms with Crippen LogP contribution in [0.1, 0.15) is 0 Å². The van der Waals surface area contributed by atoms with Gasteiger partial charge in [-0.05, 0) is 0 Å². The average molecular weight is 216 g/mol. The molecule has 2 aromatic carbocycles. The van der Waals surface area contributed by atoms with Gasteiger partial charge in [0.1, 0.15) is 5.36 Å². The zero-order chi connectivity index (χ0) is 11.7. The van der Waals surface area contributed by atoms with E-state index in [1.54, 1.807) is 12.1 Å². The zero-order valence-electron chi connectivity index (χ0n) is 7.84. The van der Waals surface area contributed by atoms with Crippen LogP contribution < -0.4 is 21.6 Å². The lowest BCUT2D eigenvalue weighted by Gasteiger charge is -1.99. The van der Waals surface area contributed by atoms with E-state index in [0.717, 1.165) is 0 Å². The van der Waals surface area contributed by atoms with Gasteiger partial charge in [0.25, 0.3) is 0 Å². The van der Waals surface area contributed by atoms with E-state index in [4.69, 9.17) is 0 Å². The van der Waals surface area contributed by atoms with E-state index >= 15 is 0 Å². The van der Waals surface area contributed by atoms with Gasteiger partial charge < -0.3 is 20.7 Å². The topological polar surface area (TPSA) is 105 Å². The van der Waals surface area contributed by atoms with Crippen molar-refractivity contribution in [2.24, 2.45) is 10.3 Å². The first kappa shape index (κ1) is 10.0. The van der Waals surface area contributed by atoms with Crippen molar-refractivity contribution in [2.45, 2.75) is 0 Å². The van der Waals surface area contributed by atoms with Gasteiger partial charge in [-0.2, -0.15) is 0 Å². The Labute approximate surface area is 87.7 Å². The highest BCUT2D eigenvalue weighted by Gasteiger charge is 2.06. The van der Waals surface area contributed by atoms with E-state index in [-0.39, 0.29) is 10.8 Å². The summed E-state index contributed by atoms with van der Waals surface area (Å²) in [5.41, 5.74) is -1.79. The fourth-order valence-electron chi connectivity index (χ4n) is 1.53. The summed E-state index contributed by atoms with van der Waals surface area (Å²) in [4.78, 5) is 23.1. The van der Waals surface area contributed by atoms with E-state index in [9.17, 15) is 20.0 Å². The molecule has 16 heavy (non-hydrogen) atoms. The lowest BCUT2D eigenvalue weighted by atomic mass is 10.1. The van der Waals surface area contributed by atoms with Crippen LogP contribution in [0.5, 0.6) is 0 Å². The minimum absolute atomic E-state index is 0.0892. The quantitative estimate of drug-likeness (QED) is 0.539. The maximum atomic E-state index is 11.6. The molecule has 0 aliphatic heterocycles. The number of hydrogen-bond donors (Lipinski definition) is 0. The molecule has 0 amide bonds. The van der Waals surface area contributed by atoms with Crippen molar-refractivity contribution < 1.29 is 0 Å².